The minimum atomic E-state index is -0.763. The Morgan fingerprint density at radius 3 is 2.39 bits per heavy atom. The number of hydrogen-bond acceptors (Lipinski definition) is 2. The van der Waals surface area contributed by atoms with E-state index in [-0.39, 0.29) is 18.5 Å². The molecular formula is C16H23ClFN3O2. The Hall–Kier alpha value is -1.82. The Balaban J connectivity index is 2.69. The average molecular weight is 344 g/mol. The lowest BCUT2D eigenvalue weighted by Crippen LogP contribution is -2.49. The van der Waals surface area contributed by atoms with Gasteiger partial charge >= 0.3 is 6.03 Å². The number of halogens is 2. The molecule has 0 spiro atoms. The zero-order valence-electron chi connectivity index (χ0n) is 13.5. The third kappa shape index (κ3) is 6.06. The standard InChI is InChI=1S/C16H23ClFN3O2/c1-10(2)14(12-6-4-5-7-13(12)17)21-16(23)20-11(3)15(22)19-9-8-18/h4-7,10-11,14H,8-9H2,1-3H3,(H,19,22)(H2,20,21,23)/t11-,14-/m0/s1. The molecule has 0 fully saturated rings. The summed E-state index contributed by atoms with van der Waals surface area (Å²) in [5, 5.41) is 8.31. The number of nitrogens with one attached hydrogen (secondary N) is 3. The number of benzene rings is 1. The zero-order valence-corrected chi connectivity index (χ0v) is 14.3. The van der Waals surface area contributed by atoms with E-state index in [0.29, 0.717) is 5.02 Å². The molecule has 5 nitrogen and oxygen atoms in total. The first kappa shape index (κ1) is 19.2. The predicted molar refractivity (Wildman–Crippen MR) is 89.1 cm³/mol. The van der Waals surface area contributed by atoms with E-state index in [1.807, 2.05) is 32.0 Å². The summed E-state index contributed by atoms with van der Waals surface area (Å²) in [5.41, 5.74) is 0.814. The molecule has 128 valence electrons. The fourth-order valence-electron chi connectivity index (χ4n) is 2.10. The molecule has 0 saturated heterocycles. The Morgan fingerprint density at radius 2 is 1.83 bits per heavy atom. The maximum atomic E-state index is 12.1. The quantitative estimate of drug-likeness (QED) is 0.712. The van der Waals surface area contributed by atoms with Gasteiger partial charge in [-0.3, -0.25) is 4.79 Å². The van der Waals surface area contributed by atoms with Gasteiger partial charge in [0, 0.05) is 11.6 Å². The van der Waals surface area contributed by atoms with Crippen LogP contribution in [0.5, 0.6) is 0 Å². The topological polar surface area (TPSA) is 70.2 Å². The predicted octanol–water partition coefficient (Wildman–Crippen LogP) is 2.81. The van der Waals surface area contributed by atoms with Gasteiger partial charge in [-0.15, -0.1) is 0 Å². The van der Waals surface area contributed by atoms with Crippen LogP contribution in [0.3, 0.4) is 0 Å². The van der Waals surface area contributed by atoms with Crippen LogP contribution in [-0.4, -0.2) is 31.2 Å². The second kappa shape index (κ2) is 9.35. The number of urea groups is 1. The molecule has 1 rings (SSSR count). The molecule has 1 aromatic carbocycles. The van der Waals surface area contributed by atoms with Gasteiger partial charge in [-0.25, -0.2) is 9.18 Å². The minimum Gasteiger partial charge on any atom is -0.352 e. The van der Waals surface area contributed by atoms with Crippen molar-refractivity contribution in [3.8, 4) is 0 Å². The summed E-state index contributed by atoms with van der Waals surface area (Å²) >= 11 is 6.19. The molecule has 2 atom stereocenters. The van der Waals surface area contributed by atoms with E-state index in [2.05, 4.69) is 16.0 Å². The van der Waals surface area contributed by atoms with Gasteiger partial charge in [0.05, 0.1) is 6.04 Å². The zero-order chi connectivity index (χ0) is 17.4. The second-order valence-corrected chi connectivity index (χ2v) is 5.97. The van der Waals surface area contributed by atoms with E-state index >= 15 is 0 Å². The number of rotatable bonds is 7. The largest absolute Gasteiger partial charge is 0.352 e. The van der Waals surface area contributed by atoms with Crippen molar-refractivity contribution in [2.24, 2.45) is 5.92 Å². The molecule has 3 amide bonds. The van der Waals surface area contributed by atoms with Gasteiger partial charge in [0.25, 0.3) is 0 Å². The summed E-state index contributed by atoms with van der Waals surface area (Å²) in [4.78, 5) is 23.8. The van der Waals surface area contributed by atoms with Gasteiger partial charge in [-0.2, -0.15) is 0 Å². The van der Waals surface area contributed by atoms with Crippen molar-refractivity contribution >= 4 is 23.5 Å². The summed E-state index contributed by atoms with van der Waals surface area (Å²) in [6.45, 7) is 4.75. The summed E-state index contributed by atoms with van der Waals surface area (Å²) in [5.74, 6) is -0.326. The number of carbonyl (C=O) groups is 2. The van der Waals surface area contributed by atoms with Crippen LogP contribution in [0.4, 0.5) is 9.18 Å². The van der Waals surface area contributed by atoms with Gasteiger partial charge in [-0.05, 0) is 24.5 Å². The highest BCUT2D eigenvalue weighted by Crippen LogP contribution is 2.27. The fraction of sp³-hybridized carbons (Fsp3) is 0.500. The lowest BCUT2D eigenvalue weighted by atomic mass is 9.96. The SMILES string of the molecule is CC(C)[C@H](NC(=O)N[C@@H](C)C(=O)NCCF)c1ccccc1Cl. The van der Waals surface area contributed by atoms with E-state index in [4.69, 9.17) is 11.6 Å². The number of amides is 3. The van der Waals surface area contributed by atoms with Crippen molar-refractivity contribution in [3.05, 3.63) is 34.9 Å². The molecule has 0 saturated carbocycles. The van der Waals surface area contributed by atoms with Crippen molar-refractivity contribution in [3.63, 3.8) is 0 Å². The van der Waals surface area contributed by atoms with Crippen molar-refractivity contribution in [2.45, 2.75) is 32.9 Å². The van der Waals surface area contributed by atoms with Crippen LogP contribution in [-0.2, 0) is 4.79 Å². The molecule has 0 heterocycles. The molecule has 23 heavy (non-hydrogen) atoms. The maximum Gasteiger partial charge on any atom is 0.315 e. The first-order chi connectivity index (χ1) is 10.9. The van der Waals surface area contributed by atoms with Crippen LogP contribution in [0.1, 0.15) is 32.4 Å². The average Bonchev–Trinajstić information content (AvgIpc) is 2.50. The van der Waals surface area contributed by atoms with Crippen molar-refractivity contribution < 1.29 is 14.0 Å². The molecule has 0 aliphatic rings. The molecule has 7 heteroatoms. The van der Waals surface area contributed by atoms with Gasteiger partial charge in [0.2, 0.25) is 5.91 Å². The van der Waals surface area contributed by atoms with Crippen molar-refractivity contribution in [2.75, 3.05) is 13.2 Å². The van der Waals surface area contributed by atoms with E-state index in [9.17, 15) is 14.0 Å². The monoisotopic (exact) mass is 343 g/mol. The van der Waals surface area contributed by atoms with Gasteiger partial charge in [0.15, 0.2) is 0 Å². The normalized spacial score (nSPS) is 13.3. The van der Waals surface area contributed by atoms with Crippen LogP contribution >= 0.6 is 11.6 Å². The summed E-state index contributed by atoms with van der Waals surface area (Å²) in [7, 11) is 0. The summed E-state index contributed by atoms with van der Waals surface area (Å²) < 4.78 is 12.0. The molecule has 3 N–H and O–H groups in total. The molecule has 0 bridgehead atoms. The van der Waals surface area contributed by atoms with Gasteiger partial charge in [-0.1, -0.05) is 43.6 Å². The van der Waals surface area contributed by atoms with Gasteiger partial charge in [0.1, 0.15) is 12.7 Å². The fourth-order valence-corrected chi connectivity index (χ4v) is 2.35. The van der Waals surface area contributed by atoms with Crippen LogP contribution in [0.2, 0.25) is 5.02 Å². The highest BCUT2D eigenvalue weighted by atomic mass is 35.5. The lowest BCUT2D eigenvalue weighted by Gasteiger charge is -2.25. The Bertz CT molecular complexity index is 540. The van der Waals surface area contributed by atoms with Crippen LogP contribution in [0, 0.1) is 5.92 Å². The Labute approximate surface area is 141 Å². The van der Waals surface area contributed by atoms with Crippen LogP contribution < -0.4 is 16.0 Å². The van der Waals surface area contributed by atoms with Crippen LogP contribution in [0.25, 0.3) is 0 Å². The van der Waals surface area contributed by atoms with E-state index < -0.39 is 24.7 Å². The molecule has 0 aromatic heterocycles. The number of carbonyl (C=O) groups excluding carboxylic acids is 2. The number of hydrogen-bond donors (Lipinski definition) is 3. The Morgan fingerprint density at radius 1 is 1.17 bits per heavy atom. The van der Waals surface area contributed by atoms with Gasteiger partial charge < -0.3 is 16.0 Å². The van der Waals surface area contributed by atoms with Crippen LogP contribution in [0.15, 0.2) is 24.3 Å². The molecule has 0 radical (unpaired) electrons. The third-order valence-corrected chi connectivity index (χ3v) is 3.67. The minimum absolute atomic E-state index is 0.0687. The molecule has 0 aliphatic heterocycles. The van der Waals surface area contributed by atoms with E-state index in [0.717, 1.165) is 5.56 Å². The Kier molecular flexibility index (Phi) is 7.81. The highest BCUT2D eigenvalue weighted by molar-refractivity contribution is 6.31. The van der Waals surface area contributed by atoms with Crippen molar-refractivity contribution in [1.29, 1.82) is 0 Å². The lowest BCUT2D eigenvalue weighted by molar-refractivity contribution is -0.122. The second-order valence-electron chi connectivity index (χ2n) is 5.56. The molecule has 0 unspecified atom stereocenters. The smallest absolute Gasteiger partial charge is 0.315 e. The first-order valence-corrected chi connectivity index (χ1v) is 7.89. The highest BCUT2D eigenvalue weighted by Gasteiger charge is 2.22. The molecule has 0 aliphatic carbocycles. The van der Waals surface area contributed by atoms with E-state index in [1.165, 1.54) is 6.92 Å². The molecule has 1 aromatic rings. The third-order valence-electron chi connectivity index (χ3n) is 3.33. The summed E-state index contributed by atoms with van der Waals surface area (Å²) in [6.07, 6.45) is 0. The number of alkyl halides is 1. The summed E-state index contributed by atoms with van der Waals surface area (Å²) in [6, 6.07) is 5.75. The molecular weight excluding hydrogens is 321 g/mol. The van der Waals surface area contributed by atoms with E-state index in [1.54, 1.807) is 6.07 Å². The van der Waals surface area contributed by atoms with Crippen molar-refractivity contribution in [1.82, 2.24) is 16.0 Å². The first-order valence-electron chi connectivity index (χ1n) is 7.52. The maximum absolute atomic E-state index is 12.1.